The fraction of sp³-hybridized carbons (Fsp3) is 0.615. The summed E-state index contributed by atoms with van der Waals surface area (Å²) >= 11 is 7.59. The zero-order chi connectivity index (χ0) is 13.0. The number of halogens is 1. The van der Waals surface area contributed by atoms with Crippen LogP contribution in [0.4, 0.5) is 0 Å². The number of thiophene rings is 1. The molecule has 0 aliphatic carbocycles. The Morgan fingerprint density at radius 1 is 1.39 bits per heavy atom. The molecule has 0 bridgehead atoms. The Bertz CT molecular complexity index is 418. The zero-order valence-corrected chi connectivity index (χ0v) is 12.2. The topological polar surface area (TPSA) is 30.3 Å². The van der Waals surface area contributed by atoms with Crippen molar-refractivity contribution in [3.8, 4) is 6.07 Å². The molecular weight excluding hydrogens is 266 g/mol. The van der Waals surface area contributed by atoms with E-state index in [0.717, 1.165) is 43.5 Å². The first kappa shape index (κ1) is 13.8. The van der Waals surface area contributed by atoms with Gasteiger partial charge >= 0.3 is 0 Å². The molecule has 1 aromatic rings. The molecule has 1 aliphatic heterocycles. The largest absolute Gasteiger partial charge is 0.296 e. The average Bonchev–Trinajstić information content (AvgIpc) is 2.78. The summed E-state index contributed by atoms with van der Waals surface area (Å²) in [6.07, 6.45) is 0.914. The molecule has 2 heterocycles. The van der Waals surface area contributed by atoms with E-state index in [1.807, 2.05) is 6.07 Å². The Kier molecular flexibility index (Phi) is 5.02. The maximum Gasteiger partial charge on any atom is 0.0976 e. The molecule has 0 radical (unpaired) electrons. The van der Waals surface area contributed by atoms with Crippen LogP contribution in [0.5, 0.6) is 0 Å². The molecule has 0 spiro atoms. The number of nitriles is 1. The van der Waals surface area contributed by atoms with Crippen LogP contribution in [0.3, 0.4) is 0 Å². The fourth-order valence-electron chi connectivity index (χ4n) is 2.32. The highest BCUT2D eigenvalue weighted by Crippen LogP contribution is 2.23. The van der Waals surface area contributed by atoms with E-state index in [4.69, 9.17) is 16.9 Å². The molecule has 1 unspecified atom stereocenters. The Balaban J connectivity index is 1.82. The zero-order valence-electron chi connectivity index (χ0n) is 10.6. The van der Waals surface area contributed by atoms with Crippen LogP contribution in [0.15, 0.2) is 12.1 Å². The monoisotopic (exact) mass is 283 g/mol. The van der Waals surface area contributed by atoms with Crippen molar-refractivity contribution in [2.24, 2.45) is 0 Å². The van der Waals surface area contributed by atoms with Crippen molar-refractivity contribution in [1.82, 2.24) is 9.80 Å². The third-order valence-corrected chi connectivity index (χ3v) is 4.61. The van der Waals surface area contributed by atoms with E-state index in [9.17, 15) is 0 Å². The third-order valence-electron chi connectivity index (χ3n) is 3.39. The van der Waals surface area contributed by atoms with Gasteiger partial charge in [-0.3, -0.25) is 9.80 Å². The summed E-state index contributed by atoms with van der Waals surface area (Å²) in [6, 6.07) is 6.53. The van der Waals surface area contributed by atoms with Gasteiger partial charge in [-0.05, 0) is 18.6 Å². The second-order valence-electron chi connectivity index (χ2n) is 4.57. The Morgan fingerprint density at radius 2 is 2.11 bits per heavy atom. The minimum Gasteiger partial charge on any atom is -0.296 e. The summed E-state index contributed by atoms with van der Waals surface area (Å²) < 4.78 is 0.860. The van der Waals surface area contributed by atoms with Crippen molar-refractivity contribution in [1.29, 1.82) is 5.26 Å². The summed E-state index contributed by atoms with van der Waals surface area (Å²) in [5.74, 6) is 0. The number of hydrogen-bond donors (Lipinski definition) is 0. The molecule has 5 heteroatoms. The van der Waals surface area contributed by atoms with Gasteiger partial charge in [0.1, 0.15) is 0 Å². The summed E-state index contributed by atoms with van der Waals surface area (Å²) in [5.41, 5.74) is 0. The van der Waals surface area contributed by atoms with Crippen molar-refractivity contribution >= 4 is 22.9 Å². The molecular formula is C13H18ClN3S. The van der Waals surface area contributed by atoms with Crippen molar-refractivity contribution < 1.29 is 0 Å². The minimum absolute atomic E-state index is 0.0864. The van der Waals surface area contributed by atoms with Gasteiger partial charge in [0.05, 0.1) is 16.4 Å². The molecule has 1 fully saturated rings. The van der Waals surface area contributed by atoms with Crippen LogP contribution in [0.25, 0.3) is 0 Å². The van der Waals surface area contributed by atoms with Crippen molar-refractivity contribution in [3.63, 3.8) is 0 Å². The fourth-order valence-corrected chi connectivity index (χ4v) is 3.45. The lowest BCUT2D eigenvalue weighted by Gasteiger charge is -2.36. The highest BCUT2D eigenvalue weighted by atomic mass is 35.5. The molecule has 1 aromatic heterocycles. The molecule has 0 amide bonds. The van der Waals surface area contributed by atoms with Gasteiger partial charge in [0.15, 0.2) is 0 Å². The van der Waals surface area contributed by atoms with Gasteiger partial charge < -0.3 is 0 Å². The van der Waals surface area contributed by atoms with Crippen LogP contribution in [-0.4, -0.2) is 42.0 Å². The number of piperazine rings is 1. The van der Waals surface area contributed by atoms with Gasteiger partial charge in [-0.2, -0.15) is 5.26 Å². The van der Waals surface area contributed by atoms with Gasteiger partial charge in [-0.1, -0.05) is 18.5 Å². The van der Waals surface area contributed by atoms with Crippen LogP contribution >= 0.6 is 22.9 Å². The molecule has 0 N–H and O–H groups in total. The minimum atomic E-state index is 0.0864. The van der Waals surface area contributed by atoms with E-state index in [0.29, 0.717) is 0 Å². The number of rotatable bonds is 4. The van der Waals surface area contributed by atoms with Crippen LogP contribution in [0.2, 0.25) is 4.34 Å². The first-order valence-corrected chi connectivity index (χ1v) is 7.52. The smallest absolute Gasteiger partial charge is 0.0976 e. The van der Waals surface area contributed by atoms with Crippen molar-refractivity contribution in [3.05, 3.63) is 21.3 Å². The standard InChI is InChI=1S/C13H18ClN3S/c1-2-11(9-15)17-7-5-16(6-8-17)10-12-3-4-13(14)18-12/h3-4,11H,2,5-8,10H2,1H3. The molecule has 1 atom stereocenters. The molecule has 0 aromatic carbocycles. The van der Waals surface area contributed by atoms with Gasteiger partial charge in [0.2, 0.25) is 0 Å². The predicted molar refractivity (Wildman–Crippen MR) is 75.9 cm³/mol. The molecule has 1 saturated heterocycles. The van der Waals surface area contributed by atoms with Gasteiger partial charge in [-0.25, -0.2) is 0 Å². The van der Waals surface area contributed by atoms with Crippen LogP contribution < -0.4 is 0 Å². The summed E-state index contributed by atoms with van der Waals surface area (Å²) in [7, 11) is 0. The Morgan fingerprint density at radius 3 is 2.61 bits per heavy atom. The second kappa shape index (κ2) is 6.53. The number of hydrogen-bond acceptors (Lipinski definition) is 4. The van der Waals surface area contributed by atoms with E-state index in [2.05, 4.69) is 28.9 Å². The normalized spacial score (nSPS) is 19.6. The van der Waals surface area contributed by atoms with E-state index >= 15 is 0 Å². The van der Waals surface area contributed by atoms with Crippen molar-refractivity contribution in [2.75, 3.05) is 26.2 Å². The van der Waals surface area contributed by atoms with E-state index in [1.54, 1.807) is 11.3 Å². The summed E-state index contributed by atoms with van der Waals surface area (Å²) in [4.78, 5) is 6.04. The lowest BCUT2D eigenvalue weighted by Crippen LogP contribution is -2.49. The lowest BCUT2D eigenvalue weighted by molar-refractivity contribution is 0.109. The maximum atomic E-state index is 9.06. The van der Waals surface area contributed by atoms with Gasteiger partial charge in [0.25, 0.3) is 0 Å². The quantitative estimate of drug-likeness (QED) is 0.851. The predicted octanol–water partition coefficient (Wildman–Crippen LogP) is 2.82. The third kappa shape index (κ3) is 3.46. The molecule has 1 aliphatic rings. The maximum absolute atomic E-state index is 9.06. The van der Waals surface area contributed by atoms with Crippen LogP contribution in [0.1, 0.15) is 18.2 Å². The Hall–Kier alpha value is -0.600. The first-order valence-electron chi connectivity index (χ1n) is 6.33. The van der Waals surface area contributed by atoms with E-state index in [-0.39, 0.29) is 6.04 Å². The van der Waals surface area contributed by atoms with Crippen molar-refractivity contribution in [2.45, 2.75) is 25.9 Å². The molecule has 18 heavy (non-hydrogen) atoms. The number of nitrogens with zero attached hydrogens (tertiary/aromatic N) is 3. The Labute approximate surface area is 118 Å². The highest BCUT2D eigenvalue weighted by Gasteiger charge is 2.22. The molecule has 3 nitrogen and oxygen atoms in total. The molecule has 0 saturated carbocycles. The summed E-state index contributed by atoms with van der Waals surface area (Å²) in [5, 5.41) is 9.06. The molecule has 98 valence electrons. The van der Waals surface area contributed by atoms with Gasteiger partial charge in [0, 0.05) is 37.6 Å². The van der Waals surface area contributed by atoms with Gasteiger partial charge in [-0.15, -0.1) is 11.3 Å². The van der Waals surface area contributed by atoms with E-state index in [1.165, 1.54) is 4.88 Å². The molecule has 2 rings (SSSR count). The highest BCUT2D eigenvalue weighted by molar-refractivity contribution is 7.16. The SMILES string of the molecule is CCC(C#N)N1CCN(Cc2ccc(Cl)s2)CC1. The van der Waals surface area contributed by atoms with Crippen LogP contribution in [0, 0.1) is 11.3 Å². The first-order chi connectivity index (χ1) is 8.72. The van der Waals surface area contributed by atoms with Crippen LogP contribution in [-0.2, 0) is 6.54 Å². The second-order valence-corrected chi connectivity index (χ2v) is 6.37. The summed E-state index contributed by atoms with van der Waals surface area (Å²) in [6.45, 7) is 7.11. The van der Waals surface area contributed by atoms with E-state index < -0.39 is 0 Å². The average molecular weight is 284 g/mol. The lowest BCUT2D eigenvalue weighted by atomic mass is 10.2.